The Labute approximate surface area is 238 Å². The Morgan fingerprint density at radius 3 is 1.57 bits per heavy atom. The third-order valence-electron chi connectivity index (χ3n) is 9.13. The number of nitrogens with zero attached hydrogens (tertiary/aromatic N) is 2. The minimum Gasteiger partial charge on any atom is -0.595 e. The van der Waals surface area contributed by atoms with Crippen LogP contribution in [0.15, 0.2) is 91.0 Å². The van der Waals surface area contributed by atoms with Crippen molar-refractivity contribution in [2.75, 3.05) is 9.80 Å². The lowest BCUT2D eigenvalue weighted by Gasteiger charge is -2.53. The first-order chi connectivity index (χ1) is 20.2. The normalized spacial score (nSPS) is 31.0. The molecule has 2 saturated heterocycles. The van der Waals surface area contributed by atoms with E-state index in [1.807, 2.05) is 0 Å². The van der Waals surface area contributed by atoms with Crippen LogP contribution in [0.2, 0.25) is 0 Å². The lowest BCUT2D eigenvalue weighted by atomic mass is 9.45. The zero-order valence-electron chi connectivity index (χ0n) is 21.8. The van der Waals surface area contributed by atoms with Gasteiger partial charge in [-0.1, -0.05) is 54.6 Å². The van der Waals surface area contributed by atoms with Crippen LogP contribution in [0, 0.1) is 40.0 Å². The van der Waals surface area contributed by atoms with E-state index in [0.717, 1.165) is 9.80 Å². The number of anilines is 2. The van der Waals surface area contributed by atoms with Crippen LogP contribution in [0.1, 0.15) is 5.56 Å². The van der Waals surface area contributed by atoms with E-state index < -0.39 is 69.1 Å². The number of hydrogen-bond acceptors (Lipinski definition) is 8. The fraction of sp³-hybridized carbons (Fsp3) is 0.200. The van der Waals surface area contributed by atoms with Gasteiger partial charge in [0.1, 0.15) is 0 Å². The molecule has 3 fully saturated rings. The van der Waals surface area contributed by atoms with Crippen molar-refractivity contribution in [3.05, 3.63) is 107 Å². The van der Waals surface area contributed by atoms with Crippen molar-refractivity contribution in [3.8, 4) is 0 Å². The van der Waals surface area contributed by atoms with Crippen LogP contribution < -0.4 is 20.3 Å². The maximum absolute atomic E-state index is 14.3. The third kappa shape index (κ3) is 3.38. The van der Waals surface area contributed by atoms with Gasteiger partial charge in [0.05, 0.1) is 35.0 Å². The molecule has 2 aliphatic heterocycles. The first-order valence-electron chi connectivity index (χ1n) is 13.3. The van der Waals surface area contributed by atoms with Crippen LogP contribution in [-0.2, 0) is 24.6 Å². The van der Waals surface area contributed by atoms with E-state index in [1.165, 1.54) is 48.5 Å². The molecule has 3 aromatic carbocycles. The van der Waals surface area contributed by atoms with Gasteiger partial charge in [0, 0.05) is 35.6 Å². The van der Waals surface area contributed by atoms with E-state index in [1.54, 1.807) is 42.5 Å². The molecule has 8 atom stereocenters. The van der Waals surface area contributed by atoms with Gasteiger partial charge in [0.2, 0.25) is 23.6 Å². The molecule has 0 spiro atoms. The highest BCUT2D eigenvalue weighted by Gasteiger charge is 2.75. The number of carbonyl (C=O) groups excluding carboxylic acids is 4. The van der Waals surface area contributed by atoms with Gasteiger partial charge in [0.25, 0.3) is 0 Å². The number of amides is 4. The zero-order chi connectivity index (χ0) is 29.5. The first kappa shape index (κ1) is 26.3. The van der Waals surface area contributed by atoms with Crippen molar-refractivity contribution < 1.29 is 40.0 Å². The number of rotatable bonds is 5. The number of carbonyl (C=O) groups is 4. The summed E-state index contributed by atoms with van der Waals surface area (Å²) in [5.41, 5.74) is -0.738. The summed E-state index contributed by atoms with van der Waals surface area (Å²) in [6.07, 6.45) is 3.53. The summed E-state index contributed by atoms with van der Waals surface area (Å²) in [4.78, 5) is 58.8. The SMILES string of the molecule is O=C1[C@@H]2[C@@H](C(=O)N1c1cccc([NH+]([O-])O)c1)C1C=CC2(c2ccccc2)[C@H]2C(=O)N(c3cccc([NH+]([O-])O)c3)C(=O)[C@@H]12. The van der Waals surface area contributed by atoms with Gasteiger partial charge in [-0.2, -0.15) is 10.5 Å². The Bertz CT molecular complexity index is 1590. The van der Waals surface area contributed by atoms with Gasteiger partial charge in [-0.05, 0) is 17.7 Å². The third-order valence-corrected chi connectivity index (χ3v) is 9.13. The maximum atomic E-state index is 14.3. The summed E-state index contributed by atoms with van der Waals surface area (Å²) in [5.74, 6) is -7.05. The van der Waals surface area contributed by atoms with Crippen LogP contribution >= 0.6 is 0 Å². The van der Waals surface area contributed by atoms with Crippen LogP contribution in [0.4, 0.5) is 22.7 Å². The summed E-state index contributed by atoms with van der Waals surface area (Å²) in [6.45, 7) is 0. The standard InChI is InChI=1S/C30H24N4O8/c35-26-22-21-12-13-30(16-6-2-1-3-7-16,24(22)28(37)31(26)17-8-4-10-19(14-17)33(39)40)25-23(21)27(36)32(29(25)38)18-9-5-11-20(15-18)34(41)42/h1-15,21-25,33-34,39,41H/t21?,22-,23-,24-,25+,30?/m0/s1. The number of nitrogens with one attached hydrogen (secondary N) is 2. The molecule has 4 N–H and O–H groups in total. The minimum atomic E-state index is -1.36. The summed E-state index contributed by atoms with van der Waals surface area (Å²) >= 11 is 0. The van der Waals surface area contributed by atoms with Crippen LogP contribution in [0.5, 0.6) is 0 Å². The van der Waals surface area contributed by atoms with E-state index in [9.17, 15) is 40.0 Å². The summed E-state index contributed by atoms with van der Waals surface area (Å²) in [7, 11) is 0. The number of benzene rings is 3. The Hall–Kier alpha value is -4.56. The molecule has 5 aliphatic rings. The van der Waals surface area contributed by atoms with Gasteiger partial charge in [0.15, 0.2) is 11.4 Å². The van der Waals surface area contributed by atoms with Crippen molar-refractivity contribution in [3.63, 3.8) is 0 Å². The molecule has 12 heteroatoms. The molecule has 8 rings (SSSR count). The summed E-state index contributed by atoms with van der Waals surface area (Å²) in [5, 5.41) is 39.8. The Kier molecular flexibility index (Phi) is 5.79. The molecule has 12 nitrogen and oxygen atoms in total. The maximum Gasteiger partial charge on any atom is 0.238 e. The molecule has 2 heterocycles. The first-order valence-corrected chi connectivity index (χ1v) is 13.3. The largest absolute Gasteiger partial charge is 0.595 e. The predicted octanol–water partition coefficient (Wildman–Crippen LogP) is 0.542. The highest BCUT2D eigenvalue weighted by molar-refractivity contribution is 6.27. The minimum absolute atomic E-state index is 0.0942. The van der Waals surface area contributed by atoms with Gasteiger partial charge >= 0.3 is 0 Å². The Morgan fingerprint density at radius 2 is 1.12 bits per heavy atom. The second-order valence-corrected chi connectivity index (χ2v) is 11.0. The molecule has 4 amide bonds. The second-order valence-electron chi connectivity index (χ2n) is 11.0. The number of imide groups is 2. The van der Waals surface area contributed by atoms with Crippen molar-refractivity contribution in [1.29, 1.82) is 0 Å². The molecule has 212 valence electrons. The molecule has 3 aromatic rings. The predicted molar refractivity (Wildman–Crippen MR) is 144 cm³/mol. The zero-order valence-corrected chi connectivity index (χ0v) is 21.8. The number of hydrogen-bond donors (Lipinski definition) is 4. The summed E-state index contributed by atoms with van der Waals surface area (Å²) < 4.78 is 0. The summed E-state index contributed by atoms with van der Waals surface area (Å²) in [6, 6.07) is 19.9. The highest BCUT2D eigenvalue weighted by atomic mass is 16.8. The average Bonchev–Trinajstić information content (AvgIpc) is 3.44. The molecule has 42 heavy (non-hydrogen) atoms. The molecule has 2 bridgehead atoms. The number of quaternary nitrogens is 2. The molecule has 0 radical (unpaired) electrons. The monoisotopic (exact) mass is 568 g/mol. The van der Waals surface area contributed by atoms with Gasteiger partial charge in [-0.25, -0.2) is 20.2 Å². The molecule has 1 saturated carbocycles. The number of allylic oxidation sites excluding steroid dienone is 2. The molecule has 3 aliphatic carbocycles. The highest BCUT2D eigenvalue weighted by Crippen LogP contribution is 2.65. The topological polar surface area (TPSA) is 170 Å². The van der Waals surface area contributed by atoms with E-state index in [2.05, 4.69) is 0 Å². The lowest BCUT2D eigenvalue weighted by Crippen LogP contribution is -2.99. The molecule has 4 unspecified atom stereocenters. The Morgan fingerprint density at radius 1 is 0.643 bits per heavy atom. The van der Waals surface area contributed by atoms with Gasteiger partial charge < -0.3 is 10.4 Å². The van der Waals surface area contributed by atoms with Crippen LogP contribution in [0.3, 0.4) is 0 Å². The van der Waals surface area contributed by atoms with E-state index in [0.29, 0.717) is 5.56 Å². The van der Waals surface area contributed by atoms with E-state index >= 15 is 0 Å². The fourth-order valence-electron chi connectivity index (χ4n) is 7.54. The van der Waals surface area contributed by atoms with Crippen LogP contribution in [-0.4, -0.2) is 34.0 Å². The second kappa shape index (κ2) is 9.22. The molecular weight excluding hydrogens is 544 g/mol. The fourth-order valence-corrected chi connectivity index (χ4v) is 7.54. The van der Waals surface area contributed by atoms with Crippen molar-refractivity contribution >= 4 is 46.4 Å². The molecular formula is C30H24N4O8. The average molecular weight is 569 g/mol. The van der Waals surface area contributed by atoms with Crippen molar-refractivity contribution in [2.24, 2.45) is 29.6 Å². The van der Waals surface area contributed by atoms with E-state index in [4.69, 9.17) is 0 Å². The lowest BCUT2D eigenvalue weighted by molar-refractivity contribution is -0.991. The van der Waals surface area contributed by atoms with Crippen LogP contribution in [0.25, 0.3) is 0 Å². The Balaban J connectivity index is 1.39. The quantitative estimate of drug-likeness (QED) is 0.196. The smallest absolute Gasteiger partial charge is 0.238 e. The van der Waals surface area contributed by atoms with Crippen molar-refractivity contribution in [1.82, 2.24) is 0 Å². The van der Waals surface area contributed by atoms with Crippen molar-refractivity contribution in [2.45, 2.75) is 5.41 Å². The van der Waals surface area contributed by atoms with Gasteiger partial charge in [-0.15, -0.1) is 0 Å². The van der Waals surface area contributed by atoms with E-state index in [-0.39, 0.29) is 22.7 Å². The van der Waals surface area contributed by atoms with Gasteiger partial charge in [-0.3, -0.25) is 19.2 Å². The molecule has 0 aromatic heterocycles.